The number of hydrogen-bond acceptors (Lipinski definition) is 0. The Morgan fingerprint density at radius 1 is 0.400 bits per heavy atom. The van der Waals surface area contributed by atoms with Crippen molar-refractivity contribution in [2.45, 2.75) is 0 Å². The third kappa shape index (κ3) is 72.2. The van der Waals surface area contributed by atoms with Gasteiger partial charge in [0.1, 0.15) is 0 Å². The van der Waals surface area contributed by atoms with Gasteiger partial charge in [0, 0.05) is 0 Å². The van der Waals surface area contributed by atoms with Gasteiger partial charge in [-0.2, -0.15) is 0 Å². The second kappa shape index (κ2) is 90.8. The standard InChI is InChI=1S/2Cu.3S.3Se.2Sn/q2*+2;6*-2;2*+4. The third-order valence-corrected chi connectivity index (χ3v) is 0. The van der Waals surface area contributed by atoms with Crippen LogP contribution in [0.4, 0.5) is 0 Å². The van der Waals surface area contributed by atoms with Crippen LogP contribution in [0.1, 0.15) is 0 Å². The van der Waals surface area contributed by atoms with Gasteiger partial charge in [-0.1, -0.05) is 0 Å². The van der Waals surface area contributed by atoms with Crippen molar-refractivity contribution >= 4 is 140 Å². The zero-order valence-corrected chi connectivity index (χ0v) is 19.2. The molecule has 0 aromatic heterocycles. The normalized spacial score (nSPS) is 0. The van der Waals surface area contributed by atoms with E-state index in [9.17, 15) is 0 Å². The molecule has 0 aliphatic carbocycles. The van der Waals surface area contributed by atoms with Gasteiger partial charge >= 0.3 is 82.0 Å². The molecule has 66 valence electrons. The van der Waals surface area contributed by atoms with Crippen molar-refractivity contribution in [1.29, 1.82) is 0 Å². The Kier molecular flexibility index (Phi) is 1020. The second-order valence-electron chi connectivity index (χ2n) is 0. The van der Waals surface area contributed by atoms with Gasteiger partial charge in [-0.15, -0.1) is 0 Å². The molecule has 0 aromatic rings. The minimum atomic E-state index is 0. The van der Waals surface area contributed by atoms with E-state index in [-0.39, 0.29) is 174 Å². The van der Waals surface area contributed by atoms with Crippen molar-refractivity contribution in [2.75, 3.05) is 0 Å². The van der Waals surface area contributed by atoms with Crippen LogP contribution in [0.25, 0.3) is 0 Å². The van der Waals surface area contributed by atoms with Crippen LogP contribution in [0.2, 0.25) is 0 Å². The molecule has 0 amide bonds. The second-order valence-corrected chi connectivity index (χ2v) is 0. The quantitative estimate of drug-likeness (QED) is 0.260. The molecular weight excluding hydrogens is 698 g/mol. The van der Waals surface area contributed by atoms with Crippen molar-refractivity contribution in [1.82, 2.24) is 0 Å². The minimum Gasteiger partial charge on any atom is -2.00 e. The molecule has 2 radical (unpaired) electrons. The van der Waals surface area contributed by atoms with Crippen molar-refractivity contribution in [3.8, 4) is 0 Å². The summed E-state index contributed by atoms with van der Waals surface area (Å²) in [5.41, 5.74) is 0. The Bertz CT molecular complexity index is 19.7. The Labute approximate surface area is 170 Å². The van der Waals surface area contributed by atoms with E-state index < -0.39 is 0 Å². The van der Waals surface area contributed by atoms with Crippen LogP contribution < -0.4 is 0 Å². The topological polar surface area (TPSA) is 0 Å². The van der Waals surface area contributed by atoms with Crippen LogP contribution in [0, 0.1) is 0 Å². The fourth-order valence-corrected chi connectivity index (χ4v) is 0. The minimum absolute atomic E-state index is 0. The molecule has 10 heavy (non-hydrogen) atoms. The van der Waals surface area contributed by atoms with E-state index in [1.165, 1.54) is 0 Å². The summed E-state index contributed by atoms with van der Waals surface area (Å²) in [4.78, 5) is 0. The van der Waals surface area contributed by atoms with E-state index in [4.69, 9.17) is 0 Å². The van der Waals surface area contributed by atoms with Crippen LogP contribution >= 0.6 is 0 Å². The summed E-state index contributed by atoms with van der Waals surface area (Å²) in [5, 5.41) is 0. The molecule has 0 spiro atoms. The van der Waals surface area contributed by atoms with E-state index in [2.05, 4.69) is 0 Å². The van der Waals surface area contributed by atoms with Crippen molar-refractivity contribution < 1.29 is 34.1 Å². The molecule has 0 saturated carbocycles. The third-order valence-electron chi connectivity index (χ3n) is 0. The first-order valence-corrected chi connectivity index (χ1v) is 0. The Hall–Kier alpha value is 5.24. The monoisotopic (exact) mass is 701 g/mol. The molecule has 0 aliphatic rings. The van der Waals surface area contributed by atoms with Gasteiger partial charge in [0.05, 0.1) is 0 Å². The van der Waals surface area contributed by atoms with Crippen LogP contribution in [0.15, 0.2) is 0 Å². The Balaban J connectivity index is 0. The summed E-state index contributed by atoms with van der Waals surface area (Å²) in [6.45, 7) is 0. The molecule has 0 rings (SSSR count). The van der Waals surface area contributed by atoms with Crippen LogP contribution in [0.3, 0.4) is 0 Å². The fourth-order valence-electron chi connectivity index (χ4n) is 0. The van der Waals surface area contributed by atoms with Crippen LogP contribution in [-0.4, -0.2) is 99.0 Å². The van der Waals surface area contributed by atoms with Crippen LogP contribution in [0.5, 0.6) is 0 Å². The van der Waals surface area contributed by atoms with Crippen molar-refractivity contribution in [3.05, 3.63) is 0 Å². The van der Waals surface area contributed by atoms with Gasteiger partial charge in [-0.05, 0) is 0 Å². The number of hydrogen-bond donors (Lipinski definition) is 0. The van der Waals surface area contributed by atoms with E-state index in [0.717, 1.165) is 0 Å². The SMILES string of the molecule is [Cu+2].[Cu+2].[S-2].[S-2].[S-2].[Se-2].[Se-2].[Se-2].[Sn+4].[Sn+4]. The molecule has 0 unspecified atom stereocenters. The summed E-state index contributed by atoms with van der Waals surface area (Å²) in [6, 6.07) is 0. The first-order valence-electron chi connectivity index (χ1n) is 0. The zero-order valence-electron chi connectivity index (χ0n) is 4.05. The van der Waals surface area contributed by atoms with Crippen molar-refractivity contribution in [2.24, 2.45) is 0 Å². The van der Waals surface area contributed by atoms with Gasteiger partial charge in [0.2, 0.25) is 0 Å². The number of rotatable bonds is 0. The Morgan fingerprint density at radius 2 is 0.400 bits per heavy atom. The summed E-state index contributed by atoms with van der Waals surface area (Å²) in [7, 11) is 0. The predicted octanol–water partition coefficient (Wildman–Crippen LogP) is -1.92. The molecule has 0 N–H and O–H groups in total. The van der Waals surface area contributed by atoms with E-state index in [0.29, 0.717) is 0 Å². The summed E-state index contributed by atoms with van der Waals surface area (Å²) >= 11 is 0. The van der Waals surface area contributed by atoms with Gasteiger partial charge in [0.15, 0.2) is 0 Å². The molecule has 0 bridgehead atoms. The zero-order chi connectivity index (χ0) is 0. The van der Waals surface area contributed by atoms with Gasteiger partial charge in [-0.3, -0.25) is 0 Å². The molecular formula is Cu2S3Se3Sn2. The largest absolute Gasteiger partial charge is 4.00 e. The smallest absolute Gasteiger partial charge is 2.00 e. The van der Waals surface area contributed by atoms with Crippen molar-refractivity contribution in [3.63, 3.8) is 0 Å². The summed E-state index contributed by atoms with van der Waals surface area (Å²) < 4.78 is 0. The summed E-state index contributed by atoms with van der Waals surface area (Å²) in [6.07, 6.45) is 0. The van der Waals surface area contributed by atoms with Gasteiger partial charge in [-0.25, -0.2) is 0 Å². The maximum Gasteiger partial charge on any atom is 4.00 e. The first kappa shape index (κ1) is 112. The molecule has 0 atom stereocenters. The van der Waals surface area contributed by atoms with Gasteiger partial charge in [0.25, 0.3) is 0 Å². The van der Waals surface area contributed by atoms with E-state index in [1.54, 1.807) is 0 Å². The van der Waals surface area contributed by atoms with E-state index in [1.807, 2.05) is 0 Å². The van der Waals surface area contributed by atoms with Gasteiger partial charge < -0.3 is 91.7 Å². The average Bonchev–Trinajstić information content (AvgIpc) is 0. The maximum absolute atomic E-state index is 0. The average molecular weight is 698 g/mol. The molecule has 0 aliphatic heterocycles. The molecule has 0 heterocycles. The first-order chi connectivity index (χ1) is 0. The summed E-state index contributed by atoms with van der Waals surface area (Å²) in [5.74, 6) is 0. The predicted molar refractivity (Wildman–Crippen MR) is 50.9 cm³/mol. The Morgan fingerprint density at radius 3 is 0.400 bits per heavy atom. The molecule has 0 saturated heterocycles. The molecule has 0 fully saturated rings. The molecule has 0 nitrogen and oxygen atoms in total. The molecule has 0 aromatic carbocycles. The van der Waals surface area contributed by atoms with Crippen LogP contribution in [-0.2, 0) is 74.6 Å². The fraction of sp³-hybridized carbons (Fsp3) is 0. The maximum atomic E-state index is 0. The molecule has 10 heteroatoms. The van der Waals surface area contributed by atoms with E-state index >= 15 is 0 Å².